The van der Waals surface area contributed by atoms with Crippen LogP contribution in [0.3, 0.4) is 0 Å². The van der Waals surface area contributed by atoms with E-state index in [1.807, 2.05) is 12.1 Å². The van der Waals surface area contributed by atoms with Gasteiger partial charge in [0.25, 0.3) is 0 Å². The van der Waals surface area contributed by atoms with Gasteiger partial charge in [0.1, 0.15) is 11.6 Å². The van der Waals surface area contributed by atoms with Gasteiger partial charge >= 0.3 is 0 Å². The Morgan fingerprint density at radius 2 is 1.79 bits per heavy atom. The number of aromatic hydroxyl groups is 1. The van der Waals surface area contributed by atoms with E-state index in [2.05, 4.69) is 22.4 Å². The van der Waals surface area contributed by atoms with Crippen molar-refractivity contribution in [3.63, 3.8) is 0 Å². The first-order chi connectivity index (χ1) is 13.6. The Bertz CT molecular complexity index is 901. The fourth-order valence-corrected chi connectivity index (χ4v) is 3.95. The van der Waals surface area contributed by atoms with E-state index < -0.39 is 0 Å². The van der Waals surface area contributed by atoms with Gasteiger partial charge in [-0.05, 0) is 71.1 Å². The monoisotopic (exact) mass is 382 g/mol. The molecule has 1 fully saturated rings. The Morgan fingerprint density at radius 1 is 1.11 bits per heavy atom. The van der Waals surface area contributed by atoms with Crippen LogP contribution in [0.25, 0.3) is 0 Å². The third kappa shape index (κ3) is 4.04. The maximum absolute atomic E-state index is 13.2. The normalized spacial score (nSPS) is 20.8. The van der Waals surface area contributed by atoms with Gasteiger partial charge < -0.3 is 10.0 Å². The Morgan fingerprint density at radius 3 is 2.46 bits per heavy atom. The molecule has 1 aliphatic rings. The van der Waals surface area contributed by atoms with Crippen LogP contribution in [0, 0.1) is 11.7 Å². The minimum Gasteiger partial charge on any atom is -0.508 e. The molecule has 1 saturated heterocycles. The molecule has 2 N–H and O–H groups in total. The van der Waals surface area contributed by atoms with Crippen molar-refractivity contribution in [1.82, 2.24) is 20.2 Å². The SMILES string of the molecule is CC1CC[NH+]([C@H](c2ccc(O)cc2)c2nnnn2Cc2ccc(F)cc2)CC1. The molecule has 2 aromatic carbocycles. The van der Waals surface area contributed by atoms with Crippen LogP contribution in [-0.4, -0.2) is 38.4 Å². The van der Waals surface area contributed by atoms with Crippen LogP contribution in [0.15, 0.2) is 48.5 Å². The van der Waals surface area contributed by atoms with E-state index >= 15 is 0 Å². The molecule has 0 unspecified atom stereocenters. The van der Waals surface area contributed by atoms with E-state index in [0.717, 1.165) is 36.0 Å². The molecular formula is C21H25FN5O+. The summed E-state index contributed by atoms with van der Waals surface area (Å²) in [6.45, 7) is 4.89. The van der Waals surface area contributed by atoms with Crippen LogP contribution < -0.4 is 4.90 Å². The first kappa shape index (κ1) is 18.6. The second-order valence-electron chi connectivity index (χ2n) is 7.69. The second kappa shape index (κ2) is 8.06. The quantitative estimate of drug-likeness (QED) is 0.708. The summed E-state index contributed by atoms with van der Waals surface area (Å²) in [5.74, 6) is 1.52. The number of quaternary nitrogens is 1. The molecule has 0 amide bonds. The lowest BCUT2D eigenvalue weighted by atomic mass is 9.95. The Kier molecular flexibility index (Phi) is 5.34. The van der Waals surface area contributed by atoms with E-state index in [1.54, 1.807) is 28.9 Å². The van der Waals surface area contributed by atoms with Gasteiger partial charge in [-0.1, -0.05) is 19.1 Å². The predicted molar refractivity (Wildman–Crippen MR) is 102 cm³/mol. The first-order valence-electron chi connectivity index (χ1n) is 9.74. The average Bonchev–Trinajstić information content (AvgIpc) is 3.14. The van der Waals surface area contributed by atoms with Gasteiger partial charge in [0, 0.05) is 5.56 Å². The summed E-state index contributed by atoms with van der Waals surface area (Å²) in [6.07, 6.45) is 2.34. The number of benzene rings is 2. The predicted octanol–water partition coefficient (Wildman–Crippen LogP) is 1.97. The minimum atomic E-state index is -0.255. The lowest BCUT2D eigenvalue weighted by Gasteiger charge is -2.33. The number of halogens is 1. The molecule has 3 aromatic rings. The standard InChI is InChI=1S/C21H24FN5O/c1-15-10-12-26(13-11-15)20(17-4-8-19(28)9-5-17)21-23-24-25-27(21)14-16-2-6-18(22)7-3-16/h2-9,15,20,28H,10-14H2,1H3/p+1/t20-/m1/s1. The fraction of sp³-hybridized carbons (Fsp3) is 0.381. The molecule has 0 aliphatic carbocycles. The van der Waals surface area contributed by atoms with Crippen molar-refractivity contribution in [2.75, 3.05) is 13.1 Å². The molecule has 6 nitrogen and oxygen atoms in total. The molecule has 1 atom stereocenters. The Hall–Kier alpha value is -2.80. The second-order valence-corrected chi connectivity index (χ2v) is 7.69. The zero-order valence-corrected chi connectivity index (χ0v) is 15.9. The molecule has 0 radical (unpaired) electrons. The van der Waals surface area contributed by atoms with Gasteiger partial charge in [0.15, 0.2) is 6.04 Å². The van der Waals surface area contributed by atoms with Crippen LogP contribution in [0.2, 0.25) is 0 Å². The van der Waals surface area contributed by atoms with Gasteiger partial charge in [0.05, 0.1) is 19.6 Å². The van der Waals surface area contributed by atoms with E-state index in [0.29, 0.717) is 6.54 Å². The fourth-order valence-electron chi connectivity index (χ4n) is 3.95. The lowest BCUT2D eigenvalue weighted by Crippen LogP contribution is -3.13. The Labute approximate surface area is 163 Å². The molecule has 0 bridgehead atoms. The van der Waals surface area contributed by atoms with Gasteiger partial charge in [0.2, 0.25) is 5.82 Å². The minimum absolute atomic E-state index is 0.0106. The zero-order valence-electron chi connectivity index (χ0n) is 15.9. The van der Waals surface area contributed by atoms with Crippen LogP contribution in [0.5, 0.6) is 5.75 Å². The van der Waals surface area contributed by atoms with Gasteiger partial charge in [-0.15, -0.1) is 5.10 Å². The number of tetrazole rings is 1. The van der Waals surface area contributed by atoms with Crippen molar-refractivity contribution in [3.8, 4) is 5.75 Å². The number of hydrogen-bond acceptors (Lipinski definition) is 4. The van der Waals surface area contributed by atoms with E-state index in [4.69, 9.17) is 0 Å². The van der Waals surface area contributed by atoms with Crippen molar-refractivity contribution >= 4 is 0 Å². The van der Waals surface area contributed by atoms with Gasteiger partial charge in [-0.3, -0.25) is 0 Å². The summed E-state index contributed by atoms with van der Waals surface area (Å²) in [6, 6.07) is 13.7. The number of aromatic nitrogens is 4. The van der Waals surface area contributed by atoms with Crippen molar-refractivity contribution in [2.45, 2.75) is 32.4 Å². The average molecular weight is 382 g/mol. The maximum Gasteiger partial charge on any atom is 0.214 e. The number of phenolic OH excluding ortho intramolecular Hbond substituents is 1. The molecular weight excluding hydrogens is 357 g/mol. The zero-order chi connectivity index (χ0) is 19.5. The molecule has 146 valence electrons. The summed E-state index contributed by atoms with van der Waals surface area (Å²) in [5.41, 5.74) is 2.03. The molecule has 4 rings (SSSR count). The molecule has 0 saturated carbocycles. The van der Waals surface area contributed by atoms with Gasteiger partial charge in [-0.25, -0.2) is 9.07 Å². The van der Waals surface area contributed by atoms with E-state index in [-0.39, 0.29) is 17.6 Å². The largest absolute Gasteiger partial charge is 0.508 e. The molecule has 1 aromatic heterocycles. The summed E-state index contributed by atoms with van der Waals surface area (Å²) in [4.78, 5) is 1.43. The van der Waals surface area contributed by atoms with E-state index in [9.17, 15) is 9.50 Å². The highest BCUT2D eigenvalue weighted by Crippen LogP contribution is 2.22. The highest BCUT2D eigenvalue weighted by molar-refractivity contribution is 5.30. The lowest BCUT2D eigenvalue weighted by molar-refractivity contribution is -0.932. The number of likely N-dealkylation sites (tertiary alicyclic amines) is 1. The number of phenols is 1. The number of nitrogens with zero attached hydrogens (tertiary/aromatic N) is 4. The molecule has 28 heavy (non-hydrogen) atoms. The number of hydrogen-bond donors (Lipinski definition) is 2. The van der Waals surface area contributed by atoms with Crippen molar-refractivity contribution in [2.24, 2.45) is 5.92 Å². The summed E-state index contributed by atoms with van der Waals surface area (Å²) in [5, 5.41) is 22.2. The molecule has 1 aliphatic heterocycles. The van der Waals surface area contributed by atoms with Crippen LogP contribution in [0.1, 0.15) is 42.8 Å². The van der Waals surface area contributed by atoms with Gasteiger partial charge in [-0.2, -0.15) is 0 Å². The van der Waals surface area contributed by atoms with Crippen LogP contribution >= 0.6 is 0 Å². The van der Waals surface area contributed by atoms with Crippen molar-refractivity contribution < 1.29 is 14.4 Å². The summed E-state index contributed by atoms with van der Waals surface area (Å²) >= 11 is 0. The third-order valence-electron chi connectivity index (χ3n) is 5.61. The maximum atomic E-state index is 13.2. The first-order valence-corrected chi connectivity index (χ1v) is 9.74. The van der Waals surface area contributed by atoms with Crippen molar-refractivity contribution in [1.29, 1.82) is 0 Å². The molecule has 2 heterocycles. The highest BCUT2D eigenvalue weighted by Gasteiger charge is 2.33. The number of piperidine rings is 1. The molecule has 0 spiro atoms. The summed E-state index contributed by atoms with van der Waals surface area (Å²) in [7, 11) is 0. The number of rotatable bonds is 5. The van der Waals surface area contributed by atoms with Crippen LogP contribution in [0.4, 0.5) is 4.39 Å². The Balaban J connectivity index is 1.67. The summed E-state index contributed by atoms with van der Waals surface area (Å²) < 4.78 is 15.0. The molecule has 7 heteroatoms. The number of nitrogens with one attached hydrogen (secondary N) is 1. The topological polar surface area (TPSA) is 68.3 Å². The van der Waals surface area contributed by atoms with E-state index in [1.165, 1.54) is 29.9 Å². The smallest absolute Gasteiger partial charge is 0.214 e. The van der Waals surface area contributed by atoms with Crippen molar-refractivity contribution in [3.05, 3.63) is 71.3 Å². The van der Waals surface area contributed by atoms with Crippen LogP contribution in [-0.2, 0) is 6.54 Å². The third-order valence-corrected chi connectivity index (χ3v) is 5.61. The highest BCUT2D eigenvalue weighted by atomic mass is 19.1.